The minimum Gasteiger partial charge on any atom is -0.396 e. The van der Waals surface area contributed by atoms with Gasteiger partial charge in [0.1, 0.15) is 0 Å². The lowest BCUT2D eigenvalue weighted by Gasteiger charge is -2.21. The predicted molar refractivity (Wildman–Crippen MR) is 33.3 cm³/mol. The van der Waals surface area contributed by atoms with E-state index in [0.717, 1.165) is 0 Å². The van der Waals surface area contributed by atoms with Crippen LogP contribution in [-0.4, -0.2) is 35.0 Å². The Kier molecular flexibility index (Phi) is 4.05. The standard InChI is InChI=1S/C6H9F5O2/c7-5(8,6(9,10)11)3-4(13)1-2-12/h4,12-13H,1-3H2. The van der Waals surface area contributed by atoms with Crippen LogP contribution in [0.25, 0.3) is 0 Å². The number of alkyl halides is 5. The maximum Gasteiger partial charge on any atom is 0.453 e. The lowest BCUT2D eigenvalue weighted by atomic mass is 10.1. The van der Waals surface area contributed by atoms with Crippen molar-refractivity contribution in [1.82, 2.24) is 0 Å². The summed E-state index contributed by atoms with van der Waals surface area (Å²) < 4.78 is 58.8. The van der Waals surface area contributed by atoms with Gasteiger partial charge in [0.25, 0.3) is 0 Å². The Balaban J connectivity index is 4.17. The lowest BCUT2D eigenvalue weighted by Crippen LogP contribution is -2.39. The van der Waals surface area contributed by atoms with Crippen LogP contribution in [-0.2, 0) is 0 Å². The minimum absolute atomic E-state index is 0.494. The van der Waals surface area contributed by atoms with E-state index in [2.05, 4.69) is 0 Å². The maximum absolute atomic E-state index is 12.1. The van der Waals surface area contributed by atoms with Gasteiger partial charge in [0.2, 0.25) is 0 Å². The van der Waals surface area contributed by atoms with Gasteiger partial charge >= 0.3 is 12.1 Å². The van der Waals surface area contributed by atoms with Crippen molar-refractivity contribution >= 4 is 0 Å². The second-order valence-electron chi connectivity index (χ2n) is 2.57. The zero-order valence-electron chi connectivity index (χ0n) is 6.48. The maximum atomic E-state index is 12.1. The van der Waals surface area contributed by atoms with Crippen LogP contribution in [0.5, 0.6) is 0 Å². The van der Waals surface area contributed by atoms with Gasteiger partial charge in [-0.25, -0.2) is 0 Å². The van der Waals surface area contributed by atoms with Crippen molar-refractivity contribution in [3.63, 3.8) is 0 Å². The van der Waals surface area contributed by atoms with Gasteiger partial charge in [-0.2, -0.15) is 22.0 Å². The fourth-order valence-corrected chi connectivity index (χ4v) is 0.663. The molecule has 13 heavy (non-hydrogen) atoms. The summed E-state index contributed by atoms with van der Waals surface area (Å²) in [4.78, 5) is 0. The molecular weight excluding hydrogens is 199 g/mol. The number of aliphatic hydroxyl groups excluding tert-OH is 2. The van der Waals surface area contributed by atoms with Crippen molar-refractivity contribution < 1.29 is 32.2 Å². The lowest BCUT2D eigenvalue weighted by molar-refractivity contribution is -0.290. The first kappa shape index (κ1) is 12.6. The van der Waals surface area contributed by atoms with Crippen LogP contribution in [0, 0.1) is 0 Å². The first-order valence-electron chi connectivity index (χ1n) is 3.44. The molecule has 0 rings (SSSR count). The molecule has 0 saturated heterocycles. The Morgan fingerprint density at radius 1 is 1.08 bits per heavy atom. The number of hydrogen-bond donors (Lipinski definition) is 2. The van der Waals surface area contributed by atoms with E-state index in [9.17, 15) is 22.0 Å². The summed E-state index contributed by atoms with van der Waals surface area (Å²) >= 11 is 0. The van der Waals surface area contributed by atoms with Gasteiger partial charge in [0.15, 0.2) is 0 Å². The Bertz CT molecular complexity index is 156. The highest BCUT2D eigenvalue weighted by Gasteiger charge is 2.57. The second kappa shape index (κ2) is 4.19. The molecule has 0 spiro atoms. The summed E-state index contributed by atoms with van der Waals surface area (Å²) in [7, 11) is 0. The van der Waals surface area contributed by atoms with Gasteiger partial charge in [-0.15, -0.1) is 0 Å². The summed E-state index contributed by atoms with van der Waals surface area (Å²) in [6, 6.07) is 0. The number of aliphatic hydroxyl groups is 2. The van der Waals surface area contributed by atoms with Crippen molar-refractivity contribution in [3.8, 4) is 0 Å². The molecule has 0 saturated carbocycles. The molecule has 0 amide bonds. The van der Waals surface area contributed by atoms with Crippen LogP contribution >= 0.6 is 0 Å². The van der Waals surface area contributed by atoms with Gasteiger partial charge in [-0.1, -0.05) is 0 Å². The Morgan fingerprint density at radius 2 is 1.54 bits per heavy atom. The minimum atomic E-state index is -5.65. The highest BCUT2D eigenvalue weighted by molar-refractivity contribution is 4.78. The quantitative estimate of drug-likeness (QED) is 0.684. The van der Waals surface area contributed by atoms with Crippen molar-refractivity contribution in [2.24, 2.45) is 0 Å². The topological polar surface area (TPSA) is 40.5 Å². The summed E-state index contributed by atoms with van der Waals surface area (Å²) in [5, 5.41) is 16.8. The molecular formula is C6H9F5O2. The highest BCUT2D eigenvalue weighted by atomic mass is 19.4. The number of rotatable bonds is 4. The van der Waals surface area contributed by atoms with Crippen molar-refractivity contribution in [1.29, 1.82) is 0 Å². The molecule has 0 heterocycles. The van der Waals surface area contributed by atoms with Gasteiger partial charge in [-0.05, 0) is 6.42 Å². The molecule has 80 valence electrons. The van der Waals surface area contributed by atoms with E-state index >= 15 is 0 Å². The van der Waals surface area contributed by atoms with E-state index in [4.69, 9.17) is 10.2 Å². The van der Waals surface area contributed by atoms with Crippen molar-refractivity contribution in [2.45, 2.75) is 31.0 Å². The molecule has 0 aromatic carbocycles. The summed E-state index contributed by atoms with van der Waals surface area (Å²) in [5.41, 5.74) is 0. The number of hydrogen-bond acceptors (Lipinski definition) is 2. The second-order valence-corrected chi connectivity index (χ2v) is 2.57. The van der Waals surface area contributed by atoms with Crippen molar-refractivity contribution in [3.05, 3.63) is 0 Å². The van der Waals surface area contributed by atoms with Crippen LogP contribution in [0.15, 0.2) is 0 Å². The third-order valence-electron chi connectivity index (χ3n) is 1.37. The van der Waals surface area contributed by atoms with Gasteiger partial charge in [-0.3, -0.25) is 0 Å². The molecule has 0 aromatic heterocycles. The Labute approximate surface area is 71.0 Å². The molecule has 1 unspecified atom stereocenters. The smallest absolute Gasteiger partial charge is 0.396 e. The van der Waals surface area contributed by atoms with Gasteiger partial charge in [0, 0.05) is 13.0 Å². The molecule has 0 fully saturated rings. The summed E-state index contributed by atoms with van der Waals surface area (Å²) in [5.74, 6) is -4.90. The van der Waals surface area contributed by atoms with E-state index in [1.54, 1.807) is 0 Å². The van der Waals surface area contributed by atoms with E-state index < -0.39 is 37.7 Å². The molecule has 2 N–H and O–H groups in total. The molecule has 2 nitrogen and oxygen atoms in total. The van der Waals surface area contributed by atoms with Crippen LogP contribution in [0.1, 0.15) is 12.8 Å². The van der Waals surface area contributed by atoms with Crippen LogP contribution in [0.3, 0.4) is 0 Å². The molecule has 0 radical (unpaired) electrons. The molecule has 0 bridgehead atoms. The van der Waals surface area contributed by atoms with Crippen LogP contribution in [0.2, 0.25) is 0 Å². The van der Waals surface area contributed by atoms with Crippen LogP contribution < -0.4 is 0 Å². The van der Waals surface area contributed by atoms with Gasteiger partial charge in [0.05, 0.1) is 6.10 Å². The Hall–Kier alpha value is -0.430. The zero-order chi connectivity index (χ0) is 10.7. The molecule has 0 aromatic rings. The third-order valence-corrected chi connectivity index (χ3v) is 1.37. The summed E-state index contributed by atoms with van der Waals surface area (Å²) in [6.45, 7) is -0.630. The largest absolute Gasteiger partial charge is 0.453 e. The molecule has 1 atom stereocenters. The van der Waals surface area contributed by atoms with Crippen LogP contribution in [0.4, 0.5) is 22.0 Å². The SMILES string of the molecule is OCCC(O)CC(F)(F)C(F)(F)F. The van der Waals surface area contributed by atoms with Crippen molar-refractivity contribution in [2.75, 3.05) is 6.61 Å². The van der Waals surface area contributed by atoms with E-state index in [1.807, 2.05) is 0 Å². The van der Waals surface area contributed by atoms with Gasteiger partial charge < -0.3 is 10.2 Å². The monoisotopic (exact) mass is 208 g/mol. The Morgan fingerprint density at radius 3 is 1.85 bits per heavy atom. The van der Waals surface area contributed by atoms with E-state index in [0.29, 0.717) is 0 Å². The zero-order valence-corrected chi connectivity index (χ0v) is 6.48. The average Bonchev–Trinajstić information content (AvgIpc) is 1.83. The fraction of sp³-hybridized carbons (Fsp3) is 1.00. The predicted octanol–water partition coefficient (Wildman–Crippen LogP) is 1.32. The third kappa shape index (κ3) is 3.86. The normalized spacial score (nSPS) is 15.9. The molecule has 0 aliphatic carbocycles. The average molecular weight is 208 g/mol. The van der Waals surface area contributed by atoms with E-state index in [-0.39, 0.29) is 0 Å². The fourth-order valence-electron chi connectivity index (χ4n) is 0.663. The van der Waals surface area contributed by atoms with E-state index in [1.165, 1.54) is 0 Å². The molecule has 0 aliphatic rings. The number of halogens is 5. The molecule has 0 aliphatic heterocycles. The summed E-state index contributed by atoms with van der Waals surface area (Å²) in [6.07, 6.45) is -9.70. The highest BCUT2D eigenvalue weighted by Crippen LogP contribution is 2.39. The first-order chi connectivity index (χ1) is 5.70. The molecule has 7 heteroatoms. The first-order valence-corrected chi connectivity index (χ1v) is 3.44.